The maximum absolute atomic E-state index is 12.3. The number of likely N-dealkylation sites (tertiary alicyclic amines) is 1. The van der Waals surface area contributed by atoms with E-state index in [9.17, 15) is 9.59 Å². The highest BCUT2D eigenvalue weighted by Gasteiger charge is 2.20. The van der Waals surface area contributed by atoms with Crippen molar-refractivity contribution in [2.45, 2.75) is 38.5 Å². The van der Waals surface area contributed by atoms with E-state index in [0.717, 1.165) is 37.9 Å². The summed E-state index contributed by atoms with van der Waals surface area (Å²) in [5.41, 5.74) is 0. The molecule has 2 rings (SSSR count). The minimum atomic E-state index is -0.0135. The van der Waals surface area contributed by atoms with Crippen LogP contribution in [0.1, 0.15) is 38.5 Å². The summed E-state index contributed by atoms with van der Waals surface area (Å²) >= 11 is 5.83. The molecule has 1 aromatic carbocycles. The van der Waals surface area contributed by atoms with E-state index in [1.807, 2.05) is 12.1 Å². The van der Waals surface area contributed by atoms with Gasteiger partial charge in [-0.3, -0.25) is 9.59 Å². The van der Waals surface area contributed by atoms with Gasteiger partial charge < -0.3 is 14.5 Å². The Balaban J connectivity index is 1.68. The summed E-state index contributed by atoms with van der Waals surface area (Å²) in [6.07, 6.45) is 5.46. The number of carbonyl (C=O) groups excluding carboxylic acids is 2. The van der Waals surface area contributed by atoms with Crippen LogP contribution in [0.25, 0.3) is 0 Å². The van der Waals surface area contributed by atoms with Gasteiger partial charge in [0.05, 0.1) is 13.2 Å². The second-order valence-electron chi connectivity index (χ2n) is 6.45. The monoisotopic (exact) mass is 366 g/mol. The highest BCUT2D eigenvalue weighted by atomic mass is 35.5. The fourth-order valence-corrected chi connectivity index (χ4v) is 2.94. The molecule has 0 atom stereocenters. The quantitative estimate of drug-likeness (QED) is 0.695. The zero-order valence-corrected chi connectivity index (χ0v) is 15.6. The molecule has 0 radical (unpaired) electrons. The predicted molar refractivity (Wildman–Crippen MR) is 98.9 cm³/mol. The normalized spacial score (nSPS) is 15.4. The van der Waals surface area contributed by atoms with Gasteiger partial charge in [-0.1, -0.05) is 24.4 Å². The molecule has 25 heavy (non-hydrogen) atoms. The van der Waals surface area contributed by atoms with E-state index in [1.54, 1.807) is 29.0 Å². The minimum absolute atomic E-state index is 0.0135. The summed E-state index contributed by atoms with van der Waals surface area (Å²) in [6, 6.07) is 7.22. The molecule has 1 fully saturated rings. The first-order chi connectivity index (χ1) is 12.1. The van der Waals surface area contributed by atoms with Gasteiger partial charge in [0, 0.05) is 31.6 Å². The Morgan fingerprint density at radius 2 is 1.92 bits per heavy atom. The van der Waals surface area contributed by atoms with Crippen molar-refractivity contribution >= 4 is 23.4 Å². The third kappa shape index (κ3) is 6.94. The first-order valence-corrected chi connectivity index (χ1v) is 9.34. The van der Waals surface area contributed by atoms with Crippen molar-refractivity contribution in [1.82, 2.24) is 9.80 Å². The predicted octanol–water partition coefficient (Wildman–Crippen LogP) is 3.36. The Bertz CT molecular complexity index is 562. The van der Waals surface area contributed by atoms with E-state index < -0.39 is 0 Å². The summed E-state index contributed by atoms with van der Waals surface area (Å²) in [7, 11) is 1.78. The van der Waals surface area contributed by atoms with Crippen molar-refractivity contribution < 1.29 is 14.3 Å². The van der Waals surface area contributed by atoms with Gasteiger partial charge in [-0.15, -0.1) is 0 Å². The van der Waals surface area contributed by atoms with E-state index in [2.05, 4.69) is 0 Å². The summed E-state index contributed by atoms with van der Waals surface area (Å²) in [5, 5.41) is 0.677. The molecule has 1 aliphatic heterocycles. The van der Waals surface area contributed by atoms with Crippen molar-refractivity contribution in [2.75, 3.05) is 33.3 Å². The van der Waals surface area contributed by atoms with E-state index in [-0.39, 0.29) is 18.4 Å². The van der Waals surface area contributed by atoms with Crippen LogP contribution in [0.15, 0.2) is 24.3 Å². The molecule has 0 spiro atoms. The number of nitrogens with zero attached hydrogens (tertiary/aromatic N) is 2. The number of rotatable bonds is 7. The average molecular weight is 367 g/mol. The molecule has 1 saturated heterocycles. The molecule has 0 N–H and O–H groups in total. The molecule has 1 aromatic rings. The number of carbonyl (C=O) groups is 2. The lowest BCUT2D eigenvalue weighted by molar-refractivity contribution is -0.140. The molecule has 1 aliphatic rings. The standard InChI is InChI=1S/C19H27ClN2O3/c1-21(12-6-14-25-17-10-8-16(20)9-11-17)19(24)15-22-13-5-3-2-4-7-18(22)23/h8-11H,2-7,12-15H2,1H3. The van der Waals surface area contributed by atoms with E-state index in [1.165, 1.54) is 0 Å². The zero-order chi connectivity index (χ0) is 18.1. The number of amides is 2. The second-order valence-corrected chi connectivity index (χ2v) is 6.89. The molecule has 2 amide bonds. The smallest absolute Gasteiger partial charge is 0.241 e. The topological polar surface area (TPSA) is 49.9 Å². The number of likely N-dealkylation sites (N-methyl/N-ethyl adjacent to an activating group) is 1. The third-order valence-corrected chi connectivity index (χ3v) is 4.65. The van der Waals surface area contributed by atoms with Gasteiger partial charge >= 0.3 is 0 Å². The van der Waals surface area contributed by atoms with Crippen LogP contribution in [0.4, 0.5) is 0 Å². The molecular formula is C19H27ClN2O3. The van der Waals surface area contributed by atoms with Gasteiger partial charge in [0.15, 0.2) is 0 Å². The van der Waals surface area contributed by atoms with Crippen LogP contribution < -0.4 is 4.74 Å². The second kappa shape index (κ2) is 10.3. The first kappa shape index (κ1) is 19.6. The van der Waals surface area contributed by atoms with Gasteiger partial charge in [0.2, 0.25) is 11.8 Å². The molecule has 0 unspecified atom stereocenters. The van der Waals surface area contributed by atoms with Gasteiger partial charge in [-0.25, -0.2) is 0 Å². The fraction of sp³-hybridized carbons (Fsp3) is 0.579. The lowest BCUT2D eigenvalue weighted by Crippen LogP contribution is -2.42. The maximum atomic E-state index is 12.3. The van der Waals surface area contributed by atoms with E-state index in [0.29, 0.717) is 31.1 Å². The molecule has 0 saturated carbocycles. The third-order valence-electron chi connectivity index (χ3n) is 4.39. The average Bonchev–Trinajstić information content (AvgIpc) is 2.59. The number of halogens is 1. The molecule has 1 heterocycles. The Kier molecular flexibility index (Phi) is 8.06. The zero-order valence-electron chi connectivity index (χ0n) is 14.9. The van der Waals surface area contributed by atoms with Crippen LogP contribution in [-0.4, -0.2) is 54.9 Å². The van der Waals surface area contributed by atoms with Crippen molar-refractivity contribution in [2.24, 2.45) is 0 Å². The van der Waals surface area contributed by atoms with Crippen LogP contribution in [-0.2, 0) is 9.59 Å². The first-order valence-electron chi connectivity index (χ1n) is 8.96. The molecule has 6 heteroatoms. The molecule has 5 nitrogen and oxygen atoms in total. The Labute approximate surface area is 154 Å². The van der Waals surface area contributed by atoms with Gasteiger partial charge in [0.1, 0.15) is 5.75 Å². The molecule has 0 bridgehead atoms. The summed E-state index contributed by atoms with van der Waals surface area (Å²) in [6.45, 7) is 2.02. The van der Waals surface area contributed by atoms with E-state index in [4.69, 9.17) is 16.3 Å². The van der Waals surface area contributed by atoms with Crippen LogP contribution >= 0.6 is 11.6 Å². The summed E-state index contributed by atoms with van der Waals surface area (Å²) in [4.78, 5) is 27.8. The number of hydrogen-bond donors (Lipinski definition) is 0. The van der Waals surface area contributed by atoms with Crippen molar-refractivity contribution in [3.8, 4) is 5.75 Å². The molecular weight excluding hydrogens is 340 g/mol. The SMILES string of the molecule is CN(CCCOc1ccc(Cl)cc1)C(=O)CN1CCCCCCC1=O. The molecule has 0 aromatic heterocycles. The lowest BCUT2D eigenvalue weighted by Gasteiger charge is -2.26. The molecule has 138 valence electrons. The van der Waals surface area contributed by atoms with Crippen LogP contribution in [0.3, 0.4) is 0 Å². The van der Waals surface area contributed by atoms with Crippen LogP contribution in [0, 0.1) is 0 Å². The lowest BCUT2D eigenvalue weighted by atomic mass is 10.1. The summed E-state index contributed by atoms with van der Waals surface area (Å²) < 4.78 is 5.63. The highest BCUT2D eigenvalue weighted by molar-refractivity contribution is 6.30. The minimum Gasteiger partial charge on any atom is -0.494 e. The van der Waals surface area contributed by atoms with Crippen LogP contribution in [0.2, 0.25) is 5.02 Å². The van der Waals surface area contributed by atoms with Gasteiger partial charge in [-0.05, 0) is 43.5 Å². The van der Waals surface area contributed by atoms with Gasteiger partial charge in [-0.2, -0.15) is 0 Å². The Morgan fingerprint density at radius 1 is 1.20 bits per heavy atom. The Hall–Kier alpha value is -1.75. The van der Waals surface area contributed by atoms with Crippen molar-refractivity contribution in [3.63, 3.8) is 0 Å². The number of benzene rings is 1. The highest BCUT2D eigenvalue weighted by Crippen LogP contribution is 2.15. The Morgan fingerprint density at radius 3 is 2.68 bits per heavy atom. The maximum Gasteiger partial charge on any atom is 0.241 e. The largest absolute Gasteiger partial charge is 0.494 e. The van der Waals surface area contributed by atoms with Crippen LogP contribution in [0.5, 0.6) is 5.75 Å². The van der Waals surface area contributed by atoms with Gasteiger partial charge in [0.25, 0.3) is 0 Å². The van der Waals surface area contributed by atoms with Crippen molar-refractivity contribution in [1.29, 1.82) is 0 Å². The van der Waals surface area contributed by atoms with Crippen molar-refractivity contribution in [3.05, 3.63) is 29.3 Å². The summed E-state index contributed by atoms with van der Waals surface area (Å²) in [5.74, 6) is 0.859. The van der Waals surface area contributed by atoms with E-state index >= 15 is 0 Å². The number of hydrogen-bond acceptors (Lipinski definition) is 3. The molecule has 0 aliphatic carbocycles. The number of ether oxygens (including phenoxy) is 1. The fourth-order valence-electron chi connectivity index (χ4n) is 2.81.